The fourth-order valence-electron chi connectivity index (χ4n) is 5.50. The smallest absolute Gasteiger partial charge is 0.369 e. The number of rotatable bonds is 11. The van der Waals surface area contributed by atoms with Crippen LogP contribution in [0.5, 0.6) is 0 Å². The largest absolute Gasteiger partial charge is 0.421 e. The van der Waals surface area contributed by atoms with E-state index in [-0.39, 0.29) is 42.9 Å². The predicted molar refractivity (Wildman–Crippen MR) is 184 cm³/mol. The summed E-state index contributed by atoms with van der Waals surface area (Å²) in [6.45, 7) is 3.53. The summed E-state index contributed by atoms with van der Waals surface area (Å²) in [5.74, 6) is -0.579. The SMILES string of the molecule is CN(c1nccnc1CNc1nc(Nc2ccc(N3CCN(Cc4ccc(N5CCC(=O)NC5=O)nn4)CC3)cc2)ncc1C(F)(F)F)S(C)(=O)=O. The molecule has 21 heteroatoms. The van der Waals surface area contributed by atoms with Crippen LogP contribution in [0.4, 0.5) is 52.7 Å². The topological polar surface area (TPSA) is 195 Å². The van der Waals surface area contributed by atoms with Gasteiger partial charge in [-0.15, -0.1) is 5.10 Å². The van der Waals surface area contributed by atoms with Gasteiger partial charge in [0.2, 0.25) is 21.9 Å². The molecule has 17 nitrogen and oxygen atoms in total. The third kappa shape index (κ3) is 8.60. The minimum Gasteiger partial charge on any atom is -0.369 e. The fraction of sp³-hybridized carbons (Fsp3) is 0.355. The molecule has 0 aliphatic carbocycles. The summed E-state index contributed by atoms with van der Waals surface area (Å²) in [5, 5.41) is 16.3. The second-order valence-electron chi connectivity index (χ2n) is 11.9. The number of benzene rings is 1. The van der Waals surface area contributed by atoms with E-state index in [2.05, 4.69) is 55.9 Å². The number of nitrogens with zero attached hydrogens (tertiary/aromatic N) is 10. The maximum Gasteiger partial charge on any atom is 0.421 e. The van der Waals surface area contributed by atoms with Crippen LogP contribution in [0.15, 0.2) is 55.0 Å². The number of aromatic nitrogens is 6. The van der Waals surface area contributed by atoms with Gasteiger partial charge >= 0.3 is 12.2 Å². The van der Waals surface area contributed by atoms with E-state index in [0.717, 1.165) is 48.1 Å². The quantitative estimate of drug-likeness (QED) is 0.203. The Bertz CT molecular complexity index is 2030. The van der Waals surface area contributed by atoms with Crippen LogP contribution >= 0.6 is 0 Å². The highest BCUT2D eigenvalue weighted by molar-refractivity contribution is 7.92. The molecule has 3 N–H and O–H groups in total. The van der Waals surface area contributed by atoms with Gasteiger partial charge in [0.05, 0.1) is 18.5 Å². The fourth-order valence-corrected chi connectivity index (χ4v) is 5.96. The highest BCUT2D eigenvalue weighted by Crippen LogP contribution is 2.34. The molecular weight excluding hydrogens is 707 g/mol. The lowest BCUT2D eigenvalue weighted by Gasteiger charge is -2.36. The highest BCUT2D eigenvalue weighted by atomic mass is 32.2. The normalized spacial score (nSPS) is 15.7. The lowest BCUT2D eigenvalue weighted by Crippen LogP contribution is -2.50. The Morgan fingerprint density at radius 3 is 2.33 bits per heavy atom. The second-order valence-corrected chi connectivity index (χ2v) is 14.0. The standard InChI is InChI=1S/C31H34F3N13O4S/c1-44(52(2,50)51)28-24(35-10-11-36-28)18-37-27-23(31(32,33)34)17-38-29(41-27)39-20-3-6-22(7-4-20)46-15-13-45(14-16-46)19-21-5-8-25(43-42-21)47-12-9-26(48)40-30(47)49/h3-8,10-11,17H,9,12-16,18-19H2,1-2H3,(H,40,48,49)(H2,37,38,39,41). The van der Waals surface area contributed by atoms with Crippen LogP contribution in [0.3, 0.4) is 0 Å². The van der Waals surface area contributed by atoms with Crippen molar-refractivity contribution in [3.8, 4) is 0 Å². The summed E-state index contributed by atoms with van der Waals surface area (Å²) < 4.78 is 66.6. The number of alkyl halides is 3. The van der Waals surface area contributed by atoms with Crippen LogP contribution in [0, 0.1) is 0 Å². The van der Waals surface area contributed by atoms with E-state index >= 15 is 0 Å². The van der Waals surface area contributed by atoms with E-state index in [9.17, 15) is 31.2 Å². The molecule has 1 aromatic carbocycles. The molecule has 0 radical (unpaired) electrons. The van der Waals surface area contributed by atoms with Gasteiger partial charge in [0.1, 0.15) is 17.1 Å². The molecule has 2 aliphatic heterocycles. The maximum absolute atomic E-state index is 13.9. The molecule has 0 bridgehead atoms. The van der Waals surface area contributed by atoms with Crippen molar-refractivity contribution in [1.29, 1.82) is 0 Å². The van der Waals surface area contributed by atoms with Crippen molar-refractivity contribution in [3.05, 3.63) is 71.9 Å². The van der Waals surface area contributed by atoms with E-state index in [0.29, 0.717) is 24.2 Å². The molecule has 3 amide bonds. The summed E-state index contributed by atoms with van der Waals surface area (Å²) in [5.41, 5.74) is 1.25. The van der Waals surface area contributed by atoms with Crippen molar-refractivity contribution in [3.63, 3.8) is 0 Å². The number of sulfonamides is 1. The number of nitrogens with one attached hydrogen (secondary N) is 3. The summed E-state index contributed by atoms with van der Waals surface area (Å²) in [6.07, 6.45) is -0.336. The van der Waals surface area contributed by atoms with E-state index < -0.39 is 33.6 Å². The first-order valence-corrected chi connectivity index (χ1v) is 17.8. The van der Waals surface area contributed by atoms with Gasteiger partial charge in [0, 0.05) is 82.7 Å². The monoisotopic (exact) mass is 741 g/mol. The lowest BCUT2D eigenvalue weighted by atomic mass is 10.2. The molecule has 3 aromatic heterocycles. The van der Waals surface area contributed by atoms with Crippen molar-refractivity contribution in [2.45, 2.75) is 25.7 Å². The zero-order valence-corrected chi connectivity index (χ0v) is 28.8. The molecule has 0 atom stereocenters. The number of imide groups is 1. The number of piperazine rings is 1. The Hall–Kier alpha value is -5.70. The van der Waals surface area contributed by atoms with Gasteiger partial charge in [-0.3, -0.25) is 29.2 Å². The lowest BCUT2D eigenvalue weighted by molar-refractivity contribution is -0.137. The number of anilines is 6. The van der Waals surface area contributed by atoms with Gasteiger partial charge in [-0.1, -0.05) is 0 Å². The number of amides is 3. The minimum atomic E-state index is -4.77. The molecule has 5 heterocycles. The first kappa shape index (κ1) is 36.1. The summed E-state index contributed by atoms with van der Waals surface area (Å²) >= 11 is 0. The summed E-state index contributed by atoms with van der Waals surface area (Å²) in [7, 11) is -2.44. The Morgan fingerprint density at radius 1 is 0.942 bits per heavy atom. The highest BCUT2D eigenvalue weighted by Gasteiger charge is 2.35. The second kappa shape index (κ2) is 14.9. The number of hydrogen-bond donors (Lipinski definition) is 3. The number of halogens is 3. The molecule has 274 valence electrons. The van der Waals surface area contributed by atoms with Gasteiger partial charge < -0.3 is 15.5 Å². The number of carbonyl (C=O) groups is 2. The zero-order valence-electron chi connectivity index (χ0n) is 28.0. The molecule has 0 unspecified atom stereocenters. The van der Waals surface area contributed by atoms with Crippen LogP contribution in [-0.2, 0) is 34.1 Å². The molecule has 0 saturated carbocycles. The van der Waals surface area contributed by atoms with Gasteiger partial charge in [-0.25, -0.2) is 23.2 Å². The van der Waals surface area contributed by atoms with Gasteiger partial charge in [-0.05, 0) is 36.4 Å². The van der Waals surface area contributed by atoms with E-state index in [1.54, 1.807) is 18.2 Å². The Balaban J connectivity index is 1.05. The van der Waals surface area contributed by atoms with Crippen molar-refractivity contribution in [2.75, 3.05) is 70.8 Å². The zero-order chi connectivity index (χ0) is 37.0. The van der Waals surface area contributed by atoms with E-state index in [1.165, 1.54) is 24.3 Å². The first-order valence-electron chi connectivity index (χ1n) is 15.9. The Labute approximate surface area is 296 Å². The number of carbonyl (C=O) groups excluding carboxylic acids is 2. The third-order valence-electron chi connectivity index (χ3n) is 8.35. The predicted octanol–water partition coefficient (Wildman–Crippen LogP) is 2.60. The van der Waals surface area contributed by atoms with Crippen molar-refractivity contribution < 1.29 is 31.2 Å². The molecule has 0 spiro atoms. The van der Waals surface area contributed by atoms with Crippen molar-refractivity contribution in [2.24, 2.45) is 0 Å². The number of urea groups is 1. The average molecular weight is 742 g/mol. The van der Waals surface area contributed by atoms with Gasteiger partial charge in [0.25, 0.3) is 0 Å². The van der Waals surface area contributed by atoms with Crippen molar-refractivity contribution in [1.82, 2.24) is 40.3 Å². The Morgan fingerprint density at radius 2 is 1.67 bits per heavy atom. The minimum absolute atomic E-state index is 0.0360. The maximum atomic E-state index is 13.9. The first-order chi connectivity index (χ1) is 24.7. The van der Waals surface area contributed by atoms with Crippen LogP contribution in [0.2, 0.25) is 0 Å². The molecule has 4 aromatic rings. The third-order valence-corrected chi connectivity index (χ3v) is 9.52. The van der Waals surface area contributed by atoms with E-state index in [4.69, 9.17) is 0 Å². The Kier molecular flexibility index (Phi) is 10.3. The molecule has 2 aliphatic rings. The van der Waals surface area contributed by atoms with Crippen LogP contribution < -0.4 is 30.1 Å². The molecule has 2 saturated heterocycles. The number of hydrogen-bond acceptors (Lipinski definition) is 14. The van der Waals surface area contributed by atoms with Crippen LogP contribution in [0.25, 0.3) is 0 Å². The summed E-state index contributed by atoms with van der Waals surface area (Å²) in [6, 6.07) is 10.4. The van der Waals surface area contributed by atoms with Crippen LogP contribution in [-0.4, -0.2) is 101 Å². The molecule has 2 fully saturated rings. The molecule has 6 rings (SSSR count). The van der Waals surface area contributed by atoms with Crippen LogP contribution in [0.1, 0.15) is 23.4 Å². The van der Waals surface area contributed by atoms with Gasteiger partial charge in [0.15, 0.2) is 11.6 Å². The average Bonchev–Trinajstić information content (AvgIpc) is 3.11. The van der Waals surface area contributed by atoms with E-state index in [1.807, 2.05) is 18.2 Å². The summed E-state index contributed by atoms with van der Waals surface area (Å²) in [4.78, 5) is 45.4. The van der Waals surface area contributed by atoms with Gasteiger partial charge in [-0.2, -0.15) is 23.3 Å². The molecular formula is C31H34F3N13O4S. The van der Waals surface area contributed by atoms with Crippen molar-refractivity contribution >= 4 is 56.7 Å². The molecule has 52 heavy (non-hydrogen) atoms.